The maximum Gasteiger partial charge on any atom is 0.223 e. The quantitative estimate of drug-likeness (QED) is 0.584. The monoisotopic (exact) mass is 386 g/mol. The molecule has 0 atom stereocenters. The fourth-order valence-corrected chi connectivity index (χ4v) is 3.40. The predicted molar refractivity (Wildman–Crippen MR) is 107 cm³/mol. The van der Waals surface area contributed by atoms with Crippen LogP contribution in [-0.4, -0.2) is 38.4 Å². The summed E-state index contributed by atoms with van der Waals surface area (Å²) < 4.78 is 5.59. The van der Waals surface area contributed by atoms with Gasteiger partial charge in [-0.05, 0) is 49.2 Å². The average molecular weight is 387 g/mol. The fourth-order valence-electron chi connectivity index (χ4n) is 3.20. The molecule has 142 valence electrons. The van der Waals surface area contributed by atoms with Gasteiger partial charge in [-0.25, -0.2) is 0 Å². The van der Waals surface area contributed by atoms with E-state index in [0.29, 0.717) is 29.5 Å². The molecule has 0 aromatic heterocycles. The minimum Gasteiger partial charge on any atom is -0.490 e. The van der Waals surface area contributed by atoms with Crippen LogP contribution < -0.4 is 15.0 Å². The molecule has 0 unspecified atom stereocenters. The Bertz CT molecular complexity index is 771. The van der Waals surface area contributed by atoms with Gasteiger partial charge in [-0.3, -0.25) is 9.59 Å². The van der Waals surface area contributed by atoms with Gasteiger partial charge >= 0.3 is 0 Å². The van der Waals surface area contributed by atoms with Crippen LogP contribution in [0.3, 0.4) is 0 Å². The van der Waals surface area contributed by atoms with Crippen molar-refractivity contribution in [1.29, 1.82) is 0 Å². The second-order valence-electron chi connectivity index (χ2n) is 6.54. The lowest BCUT2D eigenvalue weighted by molar-refractivity contribution is -0.125. The summed E-state index contributed by atoms with van der Waals surface area (Å²) in [5.74, 6) is 0.729. The predicted octanol–water partition coefficient (Wildman–Crippen LogP) is 3.56. The summed E-state index contributed by atoms with van der Waals surface area (Å²) in [6.07, 6.45) is 2.47. The molecule has 3 rings (SSSR count). The second-order valence-corrected chi connectivity index (χ2v) is 6.95. The van der Waals surface area contributed by atoms with Crippen molar-refractivity contribution in [3.8, 4) is 5.75 Å². The number of anilines is 1. The van der Waals surface area contributed by atoms with E-state index < -0.39 is 0 Å². The van der Waals surface area contributed by atoms with Gasteiger partial charge in [0.25, 0.3) is 0 Å². The van der Waals surface area contributed by atoms with E-state index in [9.17, 15) is 9.59 Å². The van der Waals surface area contributed by atoms with Crippen LogP contribution in [0.2, 0.25) is 5.02 Å². The number of hydrogen-bond acceptors (Lipinski definition) is 4. The summed E-state index contributed by atoms with van der Waals surface area (Å²) in [5.41, 5.74) is 1.76. The number of carbonyl (C=O) groups is 2. The third-order valence-corrected chi connectivity index (χ3v) is 5.07. The maximum absolute atomic E-state index is 12.4. The number of para-hydroxylation sites is 1. The molecule has 1 aliphatic rings. The molecule has 27 heavy (non-hydrogen) atoms. The molecule has 0 bridgehead atoms. The summed E-state index contributed by atoms with van der Waals surface area (Å²) in [5, 5.41) is 3.51. The van der Waals surface area contributed by atoms with Crippen LogP contribution in [0, 0.1) is 5.92 Å². The van der Waals surface area contributed by atoms with Crippen molar-refractivity contribution in [1.82, 2.24) is 5.32 Å². The van der Waals surface area contributed by atoms with E-state index in [0.717, 1.165) is 37.9 Å². The minimum atomic E-state index is 0.0239. The van der Waals surface area contributed by atoms with Gasteiger partial charge in [0, 0.05) is 30.3 Å². The van der Waals surface area contributed by atoms with E-state index in [1.807, 2.05) is 42.5 Å². The highest BCUT2D eigenvalue weighted by atomic mass is 35.5. The molecular weight excluding hydrogens is 364 g/mol. The molecule has 1 saturated heterocycles. The number of hydrogen-bond donors (Lipinski definition) is 1. The second kappa shape index (κ2) is 9.42. The summed E-state index contributed by atoms with van der Waals surface area (Å²) in [7, 11) is 0. The fraction of sp³-hybridized carbons (Fsp3) is 0.333. The van der Waals surface area contributed by atoms with Gasteiger partial charge in [-0.1, -0.05) is 23.7 Å². The van der Waals surface area contributed by atoms with Crippen LogP contribution in [0.1, 0.15) is 23.2 Å². The number of halogens is 1. The highest BCUT2D eigenvalue weighted by molar-refractivity contribution is 6.32. The number of nitrogens with zero attached hydrogens (tertiary/aromatic N) is 1. The Kier molecular flexibility index (Phi) is 6.71. The van der Waals surface area contributed by atoms with Gasteiger partial charge in [0.15, 0.2) is 0 Å². The Morgan fingerprint density at radius 1 is 1.15 bits per heavy atom. The third-order valence-electron chi connectivity index (χ3n) is 4.76. The average Bonchev–Trinajstić information content (AvgIpc) is 2.72. The van der Waals surface area contributed by atoms with Crippen molar-refractivity contribution in [2.24, 2.45) is 5.92 Å². The van der Waals surface area contributed by atoms with E-state index in [-0.39, 0.29) is 11.8 Å². The maximum atomic E-state index is 12.4. The topological polar surface area (TPSA) is 58.6 Å². The number of amides is 1. The smallest absolute Gasteiger partial charge is 0.223 e. The van der Waals surface area contributed by atoms with Crippen LogP contribution in [0.25, 0.3) is 0 Å². The summed E-state index contributed by atoms with van der Waals surface area (Å²) >= 11 is 6.03. The van der Waals surface area contributed by atoms with Gasteiger partial charge < -0.3 is 15.0 Å². The van der Waals surface area contributed by atoms with E-state index in [1.54, 1.807) is 6.07 Å². The molecule has 1 amide bonds. The van der Waals surface area contributed by atoms with Crippen LogP contribution in [0.4, 0.5) is 5.69 Å². The molecule has 1 aliphatic heterocycles. The van der Waals surface area contributed by atoms with Gasteiger partial charge in [-0.2, -0.15) is 0 Å². The zero-order valence-corrected chi connectivity index (χ0v) is 15.8. The molecule has 1 N–H and O–H groups in total. The van der Waals surface area contributed by atoms with Gasteiger partial charge in [0.05, 0.1) is 11.6 Å². The lowest BCUT2D eigenvalue weighted by Crippen LogP contribution is -2.41. The van der Waals surface area contributed by atoms with Gasteiger partial charge in [0.1, 0.15) is 18.6 Å². The van der Waals surface area contributed by atoms with Crippen molar-refractivity contribution in [3.05, 3.63) is 59.1 Å². The van der Waals surface area contributed by atoms with E-state index in [4.69, 9.17) is 16.3 Å². The Balaban J connectivity index is 1.39. The van der Waals surface area contributed by atoms with Gasteiger partial charge in [-0.15, -0.1) is 0 Å². The molecule has 6 heteroatoms. The van der Waals surface area contributed by atoms with Crippen molar-refractivity contribution < 1.29 is 14.3 Å². The molecule has 1 fully saturated rings. The Labute approximate surface area is 164 Å². The third kappa shape index (κ3) is 5.23. The van der Waals surface area contributed by atoms with Crippen molar-refractivity contribution >= 4 is 29.5 Å². The number of benzene rings is 2. The lowest BCUT2D eigenvalue weighted by atomic mass is 9.95. The summed E-state index contributed by atoms with van der Waals surface area (Å²) in [4.78, 5) is 25.3. The number of rotatable bonds is 7. The number of nitrogens with one attached hydrogen (secondary N) is 1. The van der Waals surface area contributed by atoms with E-state index >= 15 is 0 Å². The van der Waals surface area contributed by atoms with E-state index in [1.165, 1.54) is 0 Å². The molecule has 0 spiro atoms. The number of carbonyl (C=O) groups excluding carboxylic acids is 2. The Morgan fingerprint density at radius 3 is 2.52 bits per heavy atom. The first-order valence-corrected chi connectivity index (χ1v) is 9.50. The lowest BCUT2D eigenvalue weighted by Gasteiger charge is -2.33. The standard InChI is InChI=1S/C21H23ClN2O3/c22-19-3-1-2-4-20(19)27-14-11-23-21(26)17-9-12-24(13-10-17)18-7-5-16(15-25)6-8-18/h1-8,15,17H,9-14H2,(H,23,26). The molecule has 2 aromatic rings. The SMILES string of the molecule is O=Cc1ccc(N2CCC(C(=O)NCCOc3ccccc3Cl)CC2)cc1. The molecule has 0 radical (unpaired) electrons. The molecule has 5 nitrogen and oxygen atoms in total. The van der Waals surface area contributed by atoms with Crippen molar-refractivity contribution in [2.45, 2.75) is 12.8 Å². The van der Waals surface area contributed by atoms with Crippen molar-refractivity contribution in [3.63, 3.8) is 0 Å². The molecule has 0 saturated carbocycles. The van der Waals surface area contributed by atoms with Crippen LogP contribution in [-0.2, 0) is 4.79 Å². The first-order valence-electron chi connectivity index (χ1n) is 9.12. The molecule has 0 aliphatic carbocycles. The first kappa shape index (κ1) is 19.2. The van der Waals surface area contributed by atoms with Crippen LogP contribution >= 0.6 is 11.6 Å². The first-order chi connectivity index (χ1) is 13.2. The number of aldehydes is 1. The van der Waals surface area contributed by atoms with Crippen LogP contribution in [0.5, 0.6) is 5.75 Å². The number of piperidine rings is 1. The van der Waals surface area contributed by atoms with E-state index in [2.05, 4.69) is 10.2 Å². The van der Waals surface area contributed by atoms with Crippen LogP contribution in [0.15, 0.2) is 48.5 Å². The zero-order chi connectivity index (χ0) is 19.1. The highest BCUT2D eigenvalue weighted by Gasteiger charge is 2.24. The molecular formula is C21H23ClN2O3. The Morgan fingerprint density at radius 2 is 1.85 bits per heavy atom. The summed E-state index contributed by atoms with van der Waals surface area (Å²) in [6.45, 7) is 2.50. The molecule has 1 heterocycles. The number of ether oxygens (including phenoxy) is 1. The largest absolute Gasteiger partial charge is 0.490 e. The minimum absolute atomic E-state index is 0.0239. The summed E-state index contributed by atoms with van der Waals surface area (Å²) in [6, 6.07) is 14.8. The van der Waals surface area contributed by atoms with Gasteiger partial charge in [0.2, 0.25) is 5.91 Å². The molecule has 2 aromatic carbocycles. The Hall–Kier alpha value is -2.53. The normalized spacial score (nSPS) is 14.6. The zero-order valence-electron chi connectivity index (χ0n) is 15.1. The van der Waals surface area contributed by atoms with Crippen molar-refractivity contribution in [2.75, 3.05) is 31.1 Å². The highest BCUT2D eigenvalue weighted by Crippen LogP contribution is 2.24.